The molecule has 2 aromatic carbocycles. The lowest BCUT2D eigenvalue weighted by molar-refractivity contribution is -0.174. The quantitative estimate of drug-likeness (QED) is 0.366. The summed E-state index contributed by atoms with van der Waals surface area (Å²) < 4.78 is 11.7. The Morgan fingerprint density at radius 1 is 0.973 bits per heavy atom. The molecule has 0 aromatic heterocycles. The molecule has 5 rings (SSSR count). The van der Waals surface area contributed by atoms with Crippen molar-refractivity contribution in [1.82, 2.24) is 4.90 Å². The van der Waals surface area contributed by atoms with E-state index in [2.05, 4.69) is 28.9 Å². The molecular formula is C30H34N2O5. The molecule has 1 fully saturated rings. The molecule has 37 heavy (non-hydrogen) atoms. The highest BCUT2D eigenvalue weighted by Gasteiger charge is 2.58. The van der Waals surface area contributed by atoms with Gasteiger partial charge in [-0.25, -0.2) is 9.59 Å². The molecule has 194 valence electrons. The van der Waals surface area contributed by atoms with Gasteiger partial charge in [-0.1, -0.05) is 37.3 Å². The molecule has 7 heteroatoms. The minimum Gasteiger partial charge on any atom is -0.449 e. The molecular weight excluding hydrogens is 468 g/mol. The van der Waals surface area contributed by atoms with Crippen LogP contribution in [0.15, 0.2) is 60.7 Å². The average molecular weight is 503 g/mol. The lowest BCUT2D eigenvalue weighted by atomic mass is 9.89. The van der Waals surface area contributed by atoms with Crippen molar-refractivity contribution in [2.45, 2.75) is 57.3 Å². The van der Waals surface area contributed by atoms with E-state index in [1.807, 2.05) is 30.3 Å². The predicted molar refractivity (Wildman–Crippen MR) is 140 cm³/mol. The van der Waals surface area contributed by atoms with Crippen LogP contribution in [0.5, 0.6) is 0 Å². The molecule has 2 heterocycles. The minimum absolute atomic E-state index is 0.284. The van der Waals surface area contributed by atoms with Crippen LogP contribution in [0.3, 0.4) is 0 Å². The lowest BCUT2D eigenvalue weighted by Gasteiger charge is -2.34. The number of esters is 2. The number of nitrogens with zero attached hydrogens (tertiary/aromatic N) is 2. The van der Waals surface area contributed by atoms with E-state index in [1.54, 1.807) is 6.07 Å². The number of anilines is 1. The van der Waals surface area contributed by atoms with Gasteiger partial charge in [0.25, 0.3) is 0 Å². The zero-order chi connectivity index (χ0) is 25.8. The Labute approximate surface area is 218 Å². The largest absolute Gasteiger partial charge is 0.449 e. The number of fused-ring (bicyclic) bond motifs is 3. The first-order valence-electron chi connectivity index (χ1n) is 13.3. The van der Waals surface area contributed by atoms with Gasteiger partial charge in [-0.05, 0) is 69.0 Å². The molecule has 2 atom stereocenters. The van der Waals surface area contributed by atoms with Crippen molar-refractivity contribution in [3.05, 3.63) is 77.4 Å². The Morgan fingerprint density at radius 2 is 1.73 bits per heavy atom. The van der Waals surface area contributed by atoms with Gasteiger partial charge in [-0.2, -0.15) is 0 Å². The van der Waals surface area contributed by atoms with Gasteiger partial charge in [-0.3, -0.25) is 9.69 Å². The van der Waals surface area contributed by atoms with E-state index < -0.39 is 23.6 Å². The summed E-state index contributed by atoms with van der Waals surface area (Å²) in [6, 6.07) is 16.0. The van der Waals surface area contributed by atoms with Gasteiger partial charge >= 0.3 is 11.9 Å². The fourth-order valence-corrected chi connectivity index (χ4v) is 5.72. The van der Waals surface area contributed by atoms with Crippen LogP contribution in [0, 0.1) is 0 Å². The maximum Gasteiger partial charge on any atom is 0.332 e. The Balaban J connectivity index is 1.35. The predicted octanol–water partition coefficient (Wildman–Crippen LogP) is 4.61. The van der Waals surface area contributed by atoms with Crippen LogP contribution in [-0.4, -0.2) is 54.4 Å². The van der Waals surface area contributed by atoms with E-state index in [1.165, 1.54) is 5.56 Å². The molecule has 3 aliphatic rings. The van der Waals surface area contributed by atoms with Crippen molar-refractivity contribution in [2.24, 2.45) is 0 Å². The summed E-state index contributed by atoms with van der Waals surface area (Å²) in [6.45, 7) is 6.65. The topological polar surface area (TPSA) is 76.2 Å². The van der Waals surface area contributed by atoms with E-state index in [9.17, 15) is 14.4 Å². The van der Waals surface area contributed by atoms with E-state index >= 15 is 0 Å². The van der Waals surface area contributed by atoms with Crippen molar-refractivity contribution in [1.29, 1.82) is 0 Å². The molecule has 0 bridgehead atoms. The summed E-state index contributed by atoms with van der Waals surface area (Å²) in [6.07, 6.45) is 5.17. The SMILES string of the molecule is CCN(CCCCC12OC(=O)/C=C/C(=O)OC1c1cc(N3CCCC3)ccc1C2=O)Cc1ccccc1. The zero-order valence-corrected chi connectivity index (χ0v) is 21.4. The molecule has 0 saturated carbocycles. The maximum absolute atomic E-state index is 13.8. The highest BCUT2D eigenvalue weighted by molar-refractivity contribution is 6.10. The Bertz CT molecular complexity index is 1190. The summed E-state index contributed by atoms with van der Waals surface area (Å²) in [7, 11) is 0. The summed E-state index contributed by atoms with van der Waals surface area (Å²) >= 11 is 0. The standard InChI is InChI=1S/C30H34N2O5/c1-2-31(21-22-10-4-3-5-11-22)17-7-6-16-30-28(35)24-13-12-23(32-18-8-9-19-32)20-25(24)29(30)36-26(33)14-15-27(34)37-30/h3-5,10-15,20,29H,2,6-9,16-19,21H2,1H3/b15-14+. The van der Waals surface area contributed by atoms with E-state index in [0.29, 0.717) is 24.0 Å². The first-order valence-corrected chi connectivity index (χ1v) is 13.3. The van der Waals surface area contributed by atoms with Crippen molar-refractivity contribution in [3.8, 4) is 0 Å². The van der Waals surface area contributed by atoms with Crippen LogP contribution in [0.4, 0.5) is 5.69 Å². The molecule has 0 N–H and O–H groups in total. The molecule has 0 spiro atoms. The van der Waals surface area contributed by atoms with Crippen LogP contribution in [0.2, 0.25) is 0 Å². The zero-order valence-electron chi connectivity index (χ0n) is 21.4. The molecule has 2 unspecified atom stereocenters. The summed E-state index contributed by atoms with van der Waals surface area (Å²) in [5.74, 6) is -1.62. The fourth-order valence-electron chi connectivity index (χ4n) is 5.72. The number of carbonyl (C=O) groups is 3. The van der Waals surface area contributed by atoms with Gasteiger partial charge in [0.1, 0.15) is 0 Å². The molecule has 0 amide bonds. The normalized spacial score (nSPS) is 23.8. The second-order valence-electron chi connectivity index (χ2n) is 10.1. The van der Waals surface area contributed by atoms with Gasteiger partial charge in [0, 0.05) is 48.6 Å². The van der Waals surface area contributed by atoms with Crippen LogP contribution in [0.25, 0.3) is 0 Å². The maximum atomic E-state index is 13.8. The van der Waals surface area contributed by atoms with Crippen LogP contribution in [0.1, 0.15) is 66.6 Å². The Kier molecular flexibility index (Phi) is 7.42. The third-order valence-corrected chi connectivity index (χ3v) is 7.68. The highest BCUT2D eigenvalue weighted by atomic mass is 16.6. The number of rotatable bonds is 9. The third-order valence-electron chi connectivity index (χ3n) is 7.68. The summed E-state index contributed by atoms with van der Waals surface area (Å²) in [4.78, 5) is 43.6. The number of ether oxygens (including phenoxy) is 2. The monoisotopic (exact) mass is 502 g/mol. The first-order chi connectivity index (χ1) is 18.0. The summed E-state index contributed by atoms with van der Waals surface area (Å²) in [5, 5.41) is 0. The number of hydrogen-bond acceptors (Lipinski definition) is 7. The van der Waals surface area contributed by atoms with Gasteiger partial charge < -0.3 is 14.4 Å². The van der Waals surface area contributed by atoms with E-state index in [4.69, 9.17) is 9.47 Å². The third kappa shape index (κ3) is 5.18. The smallest absolute Gasteiger partial charge is 0.332 e. The lowest BCUT2D eigenvalue weighted by Crippen LogP contribution is -2.46. The molecule has 7 nitrogen and oxygen atoms in total. The van der Waals surface area contributed by atoms with Crippen LogP contribution < -0.4 is 4.90 Å². The fraction of sp³-hybridized carbons (Fsp3) is 0.433. The number of ketones is 1. The number of unbranched alkanes of at least 4 members (excludes halogenated alkanes) is 1. The van der Waals surface area contributed by atoms with Gasteiger partial charge in [0.2, 0.25) is 11.4 Å². The Morgan fingerprint density at radius 3 is 2.49 bits per heavy atom. The van der Waals surface area contributed by atoms with E-state index in [0.717, 1.165) is 69.8 Å². The summed E-state index contributed by atoms with van der Waals surface area (Å²) in [5.41, 5.74) is 1.81. The average Bonchev–Trinajstić information content (AvgIpc) is 3.52. The highest BCUT2D eigenvalue weighted by Crippen LogP contribution is 2.49. The second kappa shape index (κ2) is 10.9. The molecule has 2 aliphatic heterocycles. The van der Waals surface area contributed by atoms with Gasteiger partial charge in [-0.15, -0.1) is 0 Å². The van der Waals surface area contributed by atoms with Crippen LogP contribution >= 0.6 is 0 Å². The number of benzene rings is 2. The second-order valence-corrected chi connectivity index (χ2v) is 10.1. The first kappa shape index (κ1) is 25.2. The van der Waals surface area contributed by atoms with Crippen molar-refractivity contribution in [2.75, 3.05) is 31.1 Å². The molecule has 1 saturated heterocycles. The van der Waals surface area contributed by atoms with Crippen molar-refractivity contribution < 1.29 is 23.9 Å². The van der Waals surface area contributed by atoms with Crippen molar-refractivity contribution >= 4 is 23.4 Å². The Hall–Kier alpha value is -3.45. The number of carbonyl (C=O) groups excluding carboxylic acids is 3. The number of Topliss-reactive ketones (excluding diaryl/α,β-unsaturated/α-hetero) is 1. The molecule has 2 aromatic rings. The van der Waals surface area contributed by atoms with E-state index in [-0.39, 0.29) is 5.78 Å². The van der Waals surface area contributed by atoms with Gasteiger partial charge in [0.05, 0.1) is 0 Å². The molecule has 0 radical (unpaired) electrons. The van der Waals surface area contributed by atoms with Crippen molar-refractivity contribution in [3.63, 3.8) is 0 Å². The number of hydrogen-bond donors (Lipinski definition) is 0. The minimum atomic E-state index is -1.54. The van der Waals surface area contributed by atoms with Gasteiger partial charge in [0.15, 0.2) is 6.10 Å². The van der Waals surface area contributed by atoms with Crippen LogP contribution in [-0.2, 0) is 25.6 Å². The molecule has 1 aliphatic carbocycles.